The van der Waals surface area contributed by atoms with Gasteiger partial charge in [-0.2, -0.15) is 0 Å². The molecule has 0 heterocycles. The Kier molecular flexibility index (Phi) is 7.37. The number of hydrogen-bond donors (Lipinski definition) is 4. The molecule has 0 bridgehead atoms. The van der Waals surface area contributed by atoms with Crippen LogP contribution in [0.15, 0.2) is 0 Å². The molecule has 0 amide bonds. The number of nitrogens with two attached hydrogens (primary N) is 1. The average Bonchev–Trinajstić information content (AvgIpc) is 2.21. The van der Waals surface area contributed by atoms with Gasteiger partial charge in [0.2, 0.25) is 0 Å². The first kappa shape index (κ1) is 15.4. The van der Waals surface area contributed by atoms with Crippen molar-refractivity contribution in [2.75, 3.05) is 0 Å². The number of aliphatic carboxylic acids is 1. The zero-order chi connectivity index (χ0) is 12.6. The number of carbonyl (C=O) groups is 1. The van der Waals surface area contributed by atoms with Crippen molar-refractivity contribution in [1.29, 1.82) is 0 Å². The van der Waals surface area contributed by atoms with E-state index in [9.17, 15) is 4.79 Å². The van der Waals surface area contributed by atoms with E-state index in [1.807, 2.05) is 6.92 Å². The maximum atomic E-state index is 11.0. The predicted molar refractivity (Wildman–Crippen MR) is 62.9 cm³/mol. The Morgan fingerprint density at radius 3 is 2.25 bits per heavy atom. The van der Waals surface area contributed by atoms with Crippen LogP contribution in [0.5, 0.6) is 0 Å². The third-order valence-corrected chi connectivity index (χ3v) is 2.74. The first-order valence-corrected chi connectivity index (χ1v) is 5.81. The highest BCUT2D eigenvalue weighted by molar-refractivity contribution is 6.40. The summed E-state index contributed by atoms with van der Waals surface area (Å²) >= 11 is 0. The molecule has 0 aliphatic rings. The van der Waals surface area contributed by atoms with E-state index in [0.29, 0.717) is 25.7 Å². The summed E-state index contributed by atoms with van der Waals surface area (Å²) in [6, 6.07) is 0. The zero-order valence-electron chi connectivity index (χ0n) is 9.85. The summed E-state index contributed by atoms with van der Waals surface area (Å²) in [6.45, 7) is 1.99. The number of carboxylic acid groups (broad SMARTS) is 1. The molecule has 0 aromatic carbocycles. The lowest BCUT2D eigenvalue weighted by Gasteiger charge is -2.24. The van der Waals surface area contributed by atoms with Crippen molar-refractivity contribution in [3.8, 4) is 0 Å². The fourth-order valence-electron chi connectivity index (χ4n) is 1.60. The van der Waals surface area contributed by atoms with Crippen molar-refractivity contribution in [3.63, 3.8) is 0 Å². The van der Waals surface area contributed by atoms with Crippen molar-refractivity contribution in [2.45, 2.75) is 57.3 Å². The topological polar surface area (TPSA) is 104 Å². The first-order valence-electron chi connectivity index (χ1n) is 5.81. The minimum absolute atomic E-state index is 0.267. The van der Waals surface area contributed by atoms with Crippen LogP contribution in [0, 0.1) is 0 Å². The van der Waals surface area contributed by atoms with Crippen LogP contribution >= 0.6 is 0 Å². The van der Waals surface area contributed by atoms with Crippen LogP contribution in [0.4, 0.5) is 0 Å². The van der Waals surface area contributed by atoms with E-state index in [-0.39, 0.29) is 6.32 Å². The predicted octanol–water partition coefficient (Wildman–Crippen LogP) is 0.602. The van der Waals surface area contributed by atoms with Crippen LogP contribution in [0.1, 0.15) is 45.4 Å². The summed E-state index contributed by atoms with van der Waals surface area (Å²) in [5.74, 6) is -0.967. The Morgan fingerprint density at radius 1 is 1.25 bits per heavy atom. The van der Waals surface area contributed by atoms with Gasteiger partial charge in [-0.05, 0) is 19.2 Å². The normalized spacial score (nSPS) is 14.5. The summed E-state index contributed by atoms with van der Waals surface area (Å²) in [7, 11) is -1.31. The van der Waals surface area contributed by atoms with Crippen molar-refractivity contribution in [3.05, 3.63) is 0 Å². The zero-order valence-corrected chi connectivity index (χ0v) is 9.85. The Labute approximate surface area is 96.8 Å². The summed E-state index contributed by atoms with van der Waals surface area (Å²) in [4.78, 5) is 11.0. The molecule has 5 nitrogen and oxygen atoms in total. The fraction of sp³-hybridized carbons (Fsp3) is 0.900. The molecule has 1 atom stereocenters. The number of rotatable bonds is 9. The monoisotopic (exact) mass is 231 g/mol. The summed E-state index contributed by atoms with van der Waals surface area (Å²) < 4.78 is 0. The highest BCUT2D eigenvalue weighted by atomic mass is 16.4. The van der Waals surface area contributed by atoms with Gasteiger partial charge in [0.15, 0.2) is 0 Å². The molecule has 5 N–H and O–H groups in total. The Morgan fingerprint density at radius 2 is 1.81 bits per heavy atom. The lowest BCUT2D eigenvalue weighted by molar-refractivity contribution is -0.144. The van der Waals surface area contributed by atoms with E-state index in [4.69, 9.17) is 20.9 Å². The summed E-state index contributed by atoms with van der Waals surface area (Å²) in [6.07, 6.45) is 4.02. The molecule has 0 radical (unpaired) electrons. The SMILES string of the molecule is CCCCC(N)(CCCCB(O)O)C(=O)O. The molecule has 0 fully saturated rings. The van der Waals surface area contributed by atoms with Gasteiger partial charge in [-0.3, -0.25) is 4.79 Å². The highest BCUT2D eigenvalue weighted by Crippen LogP contribution is 2.20. The molecule has 0 aromatic heterocycles. The second kappa shape index (κ2) is 7.65. The van der Waals surface area contributed by atoms with E-state index in [1.54, 1.807) is 0 Å². The number of hydrogen-bond acceptors (Lipinski definition) is 4. The molecule has 0 saturated carbocycles. The van der Waals surface area contributed by atoms with Crippen LogP contribution in [-0.4, -0.2) is 33.8 Å². The molecule has 0 aliphatic heterocycles. The lowest BCUT2D eigenvalue weighted by Crippen LogP contribution is -2.47. The van der Waals surface area contributed by atoms with Crippen molar-refractivity contribution in [2.24, 2.45) is 5.73 Å². The van der Waals surface area contributed by atoms with Gasteiger partial charge >= 0.3 is 13.1 Å². The number of unbranched alkanes of at least 4 members (excludes halogenated alkanes) is 2. The largest absolute Gasteiger partial charge is 0.480 e. The lowest BCUT2D eigenvalue weighted by atomic mass is 9.81. The van der Waals surface area contributed by atoms with Gasteiger partial charge in [0.05, 0.1) is 0 Å². The number of carboxylic acids is 1. The summed E-state index contributed by atoms with van der Waals surface area (Å²) in [5.41, 5.74) is 4.66. The van der Waals surface area contributed by atoms with E-state index in [1.165, 1.54) is 0 Å². The van der Waals surface area contributed by atoms with Crippen molar-refractivity contribution < 1.29 is 19.9 Å². The van der Waals surface area contributed by atoms with Gasteiger partial charge in [-0.15, -0.1) is 0 Å². The molecule has 0 aliphatic carbocycles. The van der Waals surface area contributed by atoms with Gasteiger partial charge in [-0.1, -0.05) is 32.6 Å². The van der Waals surface area contributed by atoms with E-state index in [2.05, 4.69) is 0 Å². The molecule has 0 spiro atoms. The van der Waals surface area contributed by atoms with Crippen molar-refractivity contribution in [1.82, 2.24) is 0 Å². The third kappa shape index (κ3) is 6.10. The van der Waals surface area contributed by atoms with Crippen LogP contribution in [0.2, 0.25) is 6.32 Å². The minimum atomic E-state index is -1.31. The smallest absolute Gasteiger partial charge is 0.451 e. The quantitative estimate of drug-likeness (QED) is 0.343. The second-order valence-corrected chi connectivity index (χ2v) is 4.29. The molecular formula is C10H22BNO4. The van der Waals surface area contributed by atoms with Gasteiger partial charge in [0.25, 0.3) is 0 Å². The van der Waals surface area contributed by atoms with Gasteiger partial charge in [0, 0.05) is 0 Å². The third-order valence-electron chi connectivity index (χ3n) is 2.74. The Hall–Kier alpha value is -0.585. The molecule has 94 valence electrons. The Balaban J connectivity index is 3.98. The maximum Gasteiger partial charge on any atom is 0.451 e. The first-order chi connectivity index (χ1) is 7.42. The minimum Gasteiger partial charge on any atom is -0.480 e. The standard InChI is InChI=1S/C10H22BNO4/c1-2-3-6-10(12,9(13)14)7-4-5-8-11(15)16/h15-16H,2-8,12H2,1H3,(H,13,14). The van der Waals surface area contributed by atoms with Crippen LogP contribution < -0.4 is 5.73 Å². The summed E-state index contributed by atoms with van der Waals surface area (Å²) in [5, 5.41) is 26.3. The highest BCUT2D eigenvalue weighted by Gasteiger charge is 2.32. The molecule has 1 unspecified atom stereocenters. The van der Waals surface area contributed by atoms with Gasteiger partial charge in [0.1, 0.15) is 5.54 Å². The van der Waals surface area contributed by atoms with Gasteiger partial charge in [-0.25, -0.2) is 0 Å². The molecular weight excluding hydrogens is 209 g/mol. The van der Waals surface area contributed by atoms with E-state index in [0.717, 1.165) is 12.8 Å². The molecule has 6 heteroatoms. The van der Waals surface area contributed by atoms with E-state index >= 15 is 0 Å². The second-order valence-electron chi connectivity index (χ2n) is 4.29. The van der Waals surface area contributed by atoms with Crippen LogP contribution in [0.25, 0.3) is 0 Å². The fourth-order valence-corrected chi connectivity index (χ4v) is 1.60. The van der Waals surface area contributed by atoms with E-state index < -0.39 is 18.6 Å². The van der Waals surface area contributed by atoms with Crippen molar-refractivity contribution >= 4 is 13.1 Å². The molecule has 0 aromatic rings. The van der Waals surface area contributed by atoms with Crippen LogP contribution in [0.3, 0.4) is 0 Å². The Bertz CT molecular complexity index is 213. The molecule has 16 heavy (non-hydrogen) atoms. The maximum absolute atomic E-state index is 11.0. The van der Waals surface area contributed by atoms with Gasteiger partial charge < -0.3 is 20.9 Å². The van der Waals surface area contributed by atoms with Crippen LogP contribution in [-0.2, 0) is 4.79 Å². The molecule has 0 saturated heterocycles. The molecule has 0 rings (SSSR count). The average molecular weight is 231 g/mol.